The van der Waals surface area contributed by atoms with Gasteiger partial charge in [0.25, 0.3) is 0 Å². The van der Waals surface area contributed by atoms with Crippen molar-refractivity contribution in [2.45, 2.75) is 6.92 Å². The number of rotatable bonds is 5. The van der Waals surface area contributed by atoms with Gasteiger partial charge in [-0.05, 0) is 49.4 Å². The third-order valence-corrected chi connectivity index (χ3v) is 6.17. The molecule has 0 unspecified atom stereocenters. The zero-order valence-electron chi connectivity index (χ0n) is 13.6. The predicted octanol–water partition coefficient (Wildman–Crippen LogP) is 3.90. The third kappa shape index (κ3) is 3.49. The summed E-state index contributed by atoms with van der Waals surface area (Å²) in [5, 5.41) is 10.7. The Morgan fingerprint density at radius 3 is 1.88 bits per heavy atom. The van der Waals surface area contributed by atoms with E-state index in [1.54, 1.807) is 48.5 Å². The molecule has 3 aromatic carbocycles. The fraction of sp³-hybridized carbons (Fsp3) is 0.0500. The molecule has 4 nitrogen and oxygen atoms in total. The summed E-state index contributed by atoms with van der Waals surface area (Å²) in [6.45, 7) is 1.37. The lowest BCUT2D eigenvalue weighted by Gasteiger charge is -2.21. The van der Waals surface area contributed by atoms with E-state index in [1.165, 1.54) is 25.1 Å². The second-order valence-corrected chi connectivity index (χ2v) is 7.87. The topological polar surface area (TPSA) is 63.6 Å². The van der Waals surface area contributed by atoms with Crippen LogP contribution in [0.5, 0.6) is 11.5 Å². The van der Waals surface area contributed by atoms with Crippen LogP contribution >= 0.6 is 7.37 Å². The Hall–Kier alpha value is -2.84. The molecule has 0 fully saturated rings. The van der Waals surface area contributed by atoms with E-state index in [2.05, 4.69) is 0 Å². The second kappa shape index (κ2) is 6.96. The molecule has 5 heteroatoms. The summed E-state index contributed by atoms with van der Waals surface area (Å²) in [6, 6.07) is 22.0. The highest BCUT2D eigenvalue weighted by Crippen LogP contribution is 2.46. The molecule has 3 rings (SSSR count). The first-order chi connectivity index (χ1) is 12.0. The lowest BCUT2D eigenvalue weighted by atomic mass is 10.1. The average molecular weight is 352 g/mol. The van der Waals surface area contributed by atoms with Crippen molar-refractivity contribution in [2.24, 2.45) is 0 Å². The zero-order chi connectivity index (χ0) is 17.9. The molecule has 0 aliphatic carbocycles. The number of hydrogen-bond donors (Lipinski definition) is 1. The van der Waals surface area contributed by atoms with Gasteiger partial charge in [-0.25, -0.2) is 0 Å². The number of phenols is 1. The molecular weight excluding hydrogens is 335 g/mol. The molecule has 0 aromatic heterocycles. The maximum Gasteiger partial charge on any atom is 0.306 e. The number of Topliss-reactive ketones (excluding diaryl/α,β-unsaturated/α-hetero) is 1. The Morgan fingerprint density at radius 1 is 0.880 bits per heavy atom. The van der Waals surface area contributed by atoms with Crippen LogP contribution in [0.4, 0.5) is 0 Å². The Morgan fingerprint density at radius 2 is 1.40 bits per heavy atom. The van der Waals surface area contributed by atoms with Crippen molar-refractivity contribution >= 4 is 23.8 Å². The number of carbonyl (C=O) groups is 1. The smallest absolute Gasteiger partial charge is 0.306 e. The van der Waals surface area contributed by atoms with E-state index < -0.39 is 7.37 Å². The number of carbonyl (C=O) groups excluding carboxylic acids is 1. The third-order valence-electron chi connectivity index (χ3n) is 3.76. The van der Waals surface area contributed by atoms with Crippen LogP contribution in [0.2, 0.25) is 0 Å². The lowest BCUT2D eigenvalue weighted by Crippen LogP contribution is -2.20. The van der Waals surface area contributed by atoms with Crippen LogP contribution < -0.4 is 15.1 Å². The van der Waals surface area contributed by atoms with Crippen molar-refractivity contribution in [1.82, 2.24) is 0 Å². The summed E-state index contributed by atoms with van der Waals surface area (Å²) in [7, 11) is -3.46. The van der Waals surface area contributed by atoms with E-state index in [-0.39, 0.29) is 22.8 Å². The number of aromatic hydroxyl groups is 1. The number of phenolic OH excluding ortho intramolecular Hbond substituents is 1. The summed E-state index contributed by atoms with van der Waals surface area (Å²) in [6.07, 6.45) is 0. The Labute approximate surface area is 146 Å². The Kier molecular flexibility index (Phi) is 4.73. The molecule has 0 saturated heterocycles. The standard InChI is InChI=1S/C20H17O4P/c1-15(21)19-14-16(22)12-13-20(19)24-25(23,17-8-4-2-5-9-17)18-10-6-3-7-11-18/h2-14,22H,1H3. The van der Waals surface area contributed by atoms with E-state index >= 15 is 0 Å². The molecule has 0 amide bonds. The molecule has 0 aliphatic heterocycles. The average Bonchev–Trinajstić information content (AvgIpc) is 2.64. The monoisotopic (exact) mass is 352 g/mol. The Bertz CT molecular complexity index is 893. The van der Waals surface area contributed by atoms with Crippen molar-refractivity contribution in [3.05, 3.63) is 84.4 Å². The van der Waals surface area contributed by atoms with E-state index in [9.17, 15) is 14.5 Å². The van der Waals surface area contributed by atoms with Crippen molar-refractivity contribution in [3.8, 4) is 11.5 Å². The van der Waals surface area contributed by atoms with Crippen LogP contribution in [0.3, 0.4) is 0 Å². The maximum absolute atomic E-state index is 13.8. The molecule has 0 spiro atoms. The maximum atomic E-state index is 13.8. The first kappa shape index (κ1) is 17.0. The summed E-state index contributed by atoms with van der Waals surface area (Å²) < 4.78 is 19.8. The molecule has 0 aliphatic rings. The van der Waals surface area contributed by atoms with Gasteiger partial charge < -0.3 is 9.63 Å². The van der Waals surface area contributed by atoms with Gasteiger partial charge in [0, 0.05) is 0 Å². The molecule has 0 radical (unpaired) electrons. The number of benzene rings is 3. The molecular formula is C20H17O4P. The van der Waals surface area contributed by atoms with Crippen LogP contribution in [-0.2, 0) is 4.57 Å². The molecule has 0 saturated carbocycles. The van der Waals surface area contributed by atoms with Crippen molar-refractivity contribution in [1.29, 1.82) is 0 Å². The van der Waals surface area contributed by atoms with Crippen molar-refractivity contribution in [3.63, 3.8) is 0 Å². The molecule has 3 aromatic rings. The van der Waals surface area contributed by atoms with Gasteiger partial charge >= 0.3 is 7.37 Å². The summed E-state index contributed by atoms with van der Waals surface area (Å²) in [4.78, 5) is 11.9. The minimum atomic E-state index is -3.46. The van der Waals surface area contributed by atoms with E-state index in [0.29, 0.717) is 10.6 Å². The molecule has 0 bridgehead atoms. The summed E-state index contributed by atoms with van der Waals surface area (Å²) in [5.41, 5.74) is 0.187. The van der Waals surface area contributed by atoms with E-state index in [0.717, 1.165) is 0 Å². The highest BCUT2D eigenvalue weighted by atomic mass is 31.2. The normalized spacial score (nSPS) is 11.1. The Balaban J connectivity index is 2.16. The highest BCUT2D eigenvalue weighted by Gasteiger charge is 2.31. The predicted molar refractivity (Wildman–Crippen MR) is 98.5 cm³/mol. The van der Waals surface area contributed by atoms with Crippen LogP contribution in [0, 0.1) is 0 Å². The SMILES string of the molecule is CC(=O)c1cc(O)ccc1OP(=O)(c1ccccc1)c1ccccc1. The van der Waals surface area contributed by atoms with Crippen LogP contribution in [0.1, 0.15) is 17.3 Å². The van der Waals surface area contributed by atoms with Crippen LogP contribution in [0.25, 0.3) is 0 Å². The van der Waals surface area contributed by atoms with Crippen LogP contribution in [0.15, 0.2) is 78.9 Å². The van der Waals surface area contributed by atoms with Gasteiger partial charge in [-0.2, -0.15) is 0 Å². The summed E-state index contributed by atoms with van der Waals surface area (Å²) >= 11 is 0. The van der Waals surface area contributed by atoms with Gasteiger partial charge in [0.05, 0.1) is 16.2 Å². The first-order valence-corrected chi connectivity index (χ1v) is 9.38. The molecule has 25 heavy (non-hydrogen) atoms. The van der Waals surface area contributed by atoms with Gasteiger partial charge in [0.15, 0.2) is 5.78 Å². The van der Waals surface area contributed by atoms with Gasteiger partial charge in [-0.1, -0.05) is 36.4 Å². The summed E-state index contributed by atoms with van der Waals surface area (Å²) in [5.74, 6) is -0.147. The molecule has 126 valence electrons. The van der Waals surface area contributed by atoms with Crippen molar-refractivity contribution in [2.75, 3.05) is 0 Å². The second-order valence-electron chi connectivity index (χ2n) is 5.55. The minimum Gasteiger partial charge on any atom is -0.508 e. The zero-order valence-corrected chi connectivity index (χ0v) is 14.5. The molecule has 0 atom stereocenters. The van der Waals surface area contributed by atoms with Gasteiger partial charge in [0.2, 0.25) is 0 Å². The van der Waals surface area contributed by atoms with Gasteiger partial charge in [0.1, 0.15) is 11.5 Å². The number of ketones is 1. The minimum absolute atomic E-state index is 0.0493. The quantitative estimate of drug-likeness (QED) is 0.559. The van der Waals surface area contributed by atoms with Gasteiger partial charge in [-0.15, -0.1) is 0 Å². The van der Waals surface area contributed by atoms with E-state index in [4.69, 9.17) is 4.52 Å². The molecule has 1 N–H and O–H groups in total. The fourth-order valence-electron chi connectivity index (χ4n) is 2.51. The van der Waals surface area contributed by atoms with Crippen LogP contribution in [-0.4, -0.2) is 10.9 Å². The lowest BCUT2D eigenvalue weighted by molar-refractivity contribution is 0.101. The highest BCUT2D eigenvalue weighted by molar-refractivity contribution is 7.74. The first-order valence-electron chi connectivity index (χ1n) is 7.75. The van der Waals surface area contributed by atoms with E-state index in [1.807, 2.05) is 12.1 Å². The number of hydrogen-bond acceptors (Lipinski definition) is 4. The molecule has 0 heterocycles. The largest absolute Gasteiger partial charge is 0.508 e. The van der Waals surface area contributed by atoms with Gasteiger partial charge in [-0.3, -0.25) is 9.36 Å². The fourth-order valence-corrected chi connectivity index (χ4v) is 4.59. The van der Waals surface area contributed by atoms with Crippen molar-refractivity contribution < 1.29 is 19.0 Å².